The van der Waals surface area contributed by atoms with E-state index < -0.39 is 25.8 Å². The summed E-state index contributed by atoms with van der Waals surface area (Å²) in [4.78, 5) is 0. The first-order valence-electron chi connectivity index (χ1n) is 15.0. The zero-order valence-corrected chi connectivity index (χ0v) is 30.2. The van der Waals surface area contributed by atoms with E-state index in [0.717, 1.165) is 9.54 Å². The first-order chi connectivity index (χ1) is 18.0. The molecule has 2 aromatic carbocycles. The van der Waals surface area contributed by atoms with Crippen LogP contribution in [-0.4, -0.2) is 5.43 Å². The van der Waals surface area contributed by atoms with Gasteiger partial charge in [0.05, 0.1) is 0 Å². The summed E-state index contributed by atoms with van der Waals surface area (Å²) < 4.78 is 2.79. The van der Waals surface area contributed by atoms with Crippen molar-refractivity contribution in [1.82, 2.24) is 0 Å². The van der Waals surface area contributed by atoms with Gasteiger partial charge in [-0.05, 0) is 0 Å². The minimum absolute atomic E-state index is 0. The van der Waals surface area contributed by atoms with Crippen LogP contribution in [0, 0.1) is 5.92 Å². The Labute approximate surface area is 259 Å². The fourth-order valence-corrected chi connectivity index (χ4v) is 27.3. The van der Waals surface area contributed by atoms with Crippen LogP contribution in [0.1, 0.15) is 101 Å². The molecule has 0 aliphatic heterocycles. The third-order valence-corrected chi connectivity index (χ3v) is 27.1. The van der Waals surface area contributed by atoms with E-state index in [1.54, 1.807) is 11.1 Å². The van der Waals surface area contributed by atoms with Crippen LogP contribution in [0.15, 0.2) is 74.1 Å². The summed E-state index contributed by atoms with van der Waals surface area (Å²) in [5.74, 6) is 0.761. The van der Waals surface area contributed by atoms with Gasteiger partial charge < -0.3 is 24.8 Å². The maximum absolute atomic E-state index is 2.68. The Morgan fingerprint density at radius 2 is 1.38 bits per heavy atom. The molecule has 0 fully saturated rings. The van der Waals surface area contributed by atoms with Gasteiger partial charge in [0.1, 0.15) is 0 Å². The molecule has 39 heavy (non-hydrogen) atoms. The number of allylic oxidation sites excluding steroid dienone is 5. The Hall–Kier alpha value is -0.660. The van der Waals surface area contributed by atoms with Crippen molar-refractivity contribution in [2.45, 2.75) is 103 Å². The van der Waals surface area contributed by atoms with Crippen LogP contribution in [0.5, 0.6) is 0 Å². The van der Waals surface area contributed by atoms with E-state index in [1.165, 1.54) is 68.1 Å². The van der Waals surface area contributed by atoms with Crippen LogP contribution in [0.3, 0.4) is 0 Å². The fraction of sp³-hybridized carbons (Fsp3) is 0.486. The molecule has 2 atom stereocenters. The van der Waals surface area contributed by atoms with Gasteiger partial charge in [0.15, 0.2) is 0 Å². The second-order valence-corrected chi connectivity index (χ2v) is 28.7. The molecule has 0 spiro atoms. The molecular weight excluding hydrogens is 611 g/mol. The molecule has 2 aliphatic rings. The zero-order valence-electron chi connectivity index (χ0n) is 25.3. The summed E-state index contributed by atoms with van der Waals surface area (Å²) in [5.41, 5.74) is 12.8. The first-order valence-corrected chi connectivity index (χ1v) is 23.8. The Bertz CT molecular complexity index is 1250. The molecule has 4 rings (SSSR count). The van der Waals surface area contributed by atoms with Crippen molar-refractivity contribution in [2.24, 2.45) is 5.92 Å². The molecule has 2 aliphatic carbocycles. The summed E-state index contributed by atoms with van der Waals surface area (Å²) in [5, 5.41) is 0. The molecule has 0 N–H and O–H groups in total. The van der Waals surface area contributed by atoms with E-state index >= 15 is 0 Å². The van der Waals surface area contributed by atoms with Crippen molar-refractivity contribution in [1.29, 1.82) is 0 Å². The number of hydrogen-bond acceptors (Lipinski definition) is 0. The second kappa shape index (κ2) is 16.1. The Kier molecular flexibility index (Phi) is 14.3. The predicted octanol–water partition coefficient (Wildman–Crippen LogP) is 5.07. The van der Waals surface area contributed by atoms with Crippen molar-refractivity contribution in [3.8, 4) is 11.1 Å². The van der Waals surface area contributed by atoms with Crippen molar-refractivity contribution < 1.29 is 45.2 Å². The van der Waals surface area contributed by atoms with Crippen LogP contribution in [0.2, 0.25) is 13.1 Å². The van der Waals surface area contributed by atoms with Gasteiger partial charge in [-0.1, -0.05) is 0 Å². The topological polar surface area (TPSA) is 0 Å². The number of benzene rings is 2. The van der Waals surface area contributed by atoms with Crippen molar-refractivity contribution in [3.05, 3.63) is 85.2 Å². The molecule has 0 aromatic heterocycles. The van der Waals surface area contributed by atoms with Gasteiger partial charge in [0.25, 0.3) is 0 Å². The third kappa shape index (κ3) is 7.05. The van der Waals surface area contributed by atoms with Gasteiger partial charge in [-0.3, -0.25) is 0 Å². The van der Waals surface area contributed by atoms with Crippen LogP contribution >= 0.6 is 0 Å². The Balaban J connectivity index is 0.00000267. The van der Waals surface area contributed by atoms with Crippen molar-refractivity contribution in [2.75, 3.05) is 0 Å². The zero-order chi connectivity index (χ0) is 26.5. The molecule has 0 nitrogen and oxygen atoms in total. The summed E-state index contributed by atoms with van der Waals surface area (Å²) in [6.07, 6.45) is 13.0. The predicted molar refractivity (Wildman–Crippen MR) is 163 cm³/mol. The molecule has 0 amide bonds. The number of hydrogen-bond donors (Lipinski definition) is 0. The molecule has 2 unspecified atom stereocenters. The quantitative estimate of drug-likeness (QED) is 0.296. The monoisotopic (exact) mass is 656 g/mol. The van der Waals surface area contributed by atoms with Crippen LogP contribution in [0.4, 0.5) is 0 Å². The summed E-state index contributed by atoms with van der Waals surface area (Å²) in [6.45, 7) is 17.5. The molecule has 0 saturated carbocycles. The summed E-state index contributed by atoms with van der Waals surface area (Å²) >= 11 is -2.05. The maximum atomic E-state index is 2.68. The SMILES string of the molecule is CCCC1=C(CCC)C(CCC)[C]([Zr+2]([CH]2C(C)=Cc3c(-c4ccccc4)cccc32)=[Si](C)C)=C1CCC.[Cl-].[Cl-]. The largest absolute Gasteiger partial charge is 1.00 e. The third-order valence-electron chi connectivity index (χ3n) is 8.42. The molecule has 0 bridgehead atoms. The van der Waals surface area contributed by atoms with Crippen molar-refractivity contribution >= 4 is 11.5 Å². The number of halogens is 2. The smallest absolute Gasteiger partial charge is 1.00 e. The molecule has 0 radical (unpaired) electrons. The van der Waals surface area contributed by atoms with Gasteiger partial charge in [0, 0.05) is 0 Å². The van der Waals surface area contributed by atoms with Gasteiger partial charge in [-0.25, -0.2) is 0 Å². The second-order valence-electron chi connectivity index (χ2n) is 11.4. The summed E-state index contributed by atoms with van der Waals surface area (Å²) in [6, 6.07) is 18.3. The van der Waals surface area contributed by atoms with Gasteiger partial charge in [0.2, 0.25) is 0 Å². The van der Waals surface area contributed by atoms with E-state index in [9.17, 15) is 0 Å². The van der Waals surface area contributed by atoms with E-state index in [0.29, 0.717) is 0 Å². The fourth-order valence-electron chi connectivity index (χ4n) is 7.12. The minimum atomic E-state index is -2.05. The minimum Gasteiger partial charge on any atom is -1.00 e. The summed E-state index contributed by atoms with van der Waals surface area (Å²) in [7, 11) is 0. The van der Waals surface area contributed by atoms with Crippen LogP contribution in [0.25, 0.3) is 17.2 Å². The Morgan fingerprint density at radius 1 is 0.744 bits per heavy atom. The van der Waals surface area contributed by atoms with E-state index in [2.05, 4.69) is 106 Å². The molecule has 0 heterocycles. The molecular formula is C35H48Cl2SiZr. The van der Waals surface area contributed by atoms with Crippen LogP contribution in [-0.2, 0) is 20.4 Å². The molecule has 2 aromatic rings. The normalized spacial score (nSPS) is 17.7. The van der Waals surface area contributed by atoms with E-state index in [-0.39, 0.29) is 24.8 Å². The van der Waals surface area contributed by atoms with Gasteiger partial charge >= 0.3 is 237 Å². The average molecular weight is 659 g/mol. The van der Waals surface area contributed by atoms with E-state index in [1.807, 2.05) is 16.7 Å². The van der Waals surface area contributed by atoms with Crippen LogP contribution < -0.4 is 24.8 Å². The van der Waals surface area contributed by atoms with Crippen molar-refractivity contribution in [3.63, 3.8) is 0 Å². The molecule has 4 heteroatoms. The standard InChI is InChI=1S/C17H29.C16H13.C2H6Si.2ClH.Zr/c1-5-9-14-13-15(10-6-2)17(12-8-4)16(14)11-7-3;1-12-10-14-8-5-9-15(16(14)11-12)13-6-3-2-4-7-13;1-3-2;;;/h14H,5-12H2,1-4H3;2-11H,1H3;1-2H3;2*1H;/q;;;;;+2/p-2. The van der Waals surface area contributed by atoms with E-state index in [4.69, 9.17) is 0 Å². The molecule has 210 valence electrons. The number of rotatable bonds is 11. The van der Waals surface area contributed by atoms with Gasteiger partial charge in [-0.15, -0.1) is 0 Å². The Morgan fingerprint density at radius 3 is 1.97 bits per heavy atom. The average Bonchev–Trinajstić information content (AvgIpc) is 3.36. The molecule has 0 saturated heterocycles. The van der Waals surface area contributed by atoms with Gasteiger partial charge in [-0.2, -0.15) is 0 Å². The number of fused-ring (bicyclic) bond motifs is 1. The first kappa shape index (κ1) is 34.5. The maximum Gasteiger partial charge on any atom is -1.00 e.